The van der Waals surface area contributed by atoms with Gasteiger partial charge in [-0.25, -0.2) is 0 Å². The average Bonchev–Trinajstić information content (AvgIpc) is 2.80. The third kappa shape index (κ3) is 4.35. The van der Waals surface area contributed by atoms with Crippen molar-refractivity contribution in [3.8, 4) is 5.75 Å². The van der Waals surface area contributed by atoms with Crippen molar-refractivity contribution in [2.24, 2.45) is 0 Å². The van der Waals surface area contributed by atoms with E-state index in [-0.39, 0.29) is 11.9 Å². The van der Waals surface area contributed by atoms with Crippen LogP contribution in [-0.2, 0) is 17.6 Å². The minimum atomic E-state index is -0.512. The van der Waals surface area contributed by atoms with Gasteiger partial charge in [0, 0.05) is 5.39 Å². The van der Waals surface area contributed by atoms with Crippen LogP contribution in [0.2, 0.25) is 0 Å². The molecule has 30 heavy (non-hydrogen) atoms. The van der Waals surface area contributed by atoms with E-state index in [2.05, 4.69) is 42.6 Å². The van der Waals surface area contributed by atoms with E-state index in [1.165, 1.54) is 36.0 Å². The Labute approximate surface area is 179 Å². The third-order valence-corrected chi connectivity index (χ3v) is 6.18. The second kappa shape index (κ2) is 9.34. The van der Waals surface area contributed by atoms with E-state index in [4.69, 9.17) is 4.74 Å². The number of hydrogen-bond acceptors (Lipinski definition) is 2. The Hall–Kier alpha value is -2.81. The summed E-state index contributed by atoms with van der Waals surface area (Å²) in [6.07, 6.45) is 5.83. The van der Waals surface area contributed by atoms with Crippen LogP contribution in [0, 0.1) is 0 Å². The van der Waals surface area contributed by atoms with Crippen LogP contribution in [0.25, 0.3) is 10.8 Å². The van der Waals surface area contributed by atoms with E-state index in [1.807, 2.05) is 37.3 Å². The maximum atomic E-state index is 13.1. The Bertz CT molecular complexity index is 1020. The summed E-state index contributed by atoms with van der Waals surface area (Å²) in [7, 11) is 0. The second-order valence-corrected chi connectivity index (χ2v) is 8.20. The fourth-order valence-electron chi connectivity index (χ4n) is 4.43. The van der Waals surface area contributed by atoms with Crippen LogP contribution in [-0.4, -0.2) is 12.0 Å². The molecule has 1 aliphatic rings. The first-order chi connectivity index (χ1) is 14.7. The van der Waals surface area contributed by atoms with Gasteiger partial charge in [0.2, 0.25) is 0 Å². The van der Waals surface area contributed by atoms with Crippen molar-refractivity contribution in [3.05, 3.63) is 77.4 Å². The van der Waals surface area contributed by atoms with Crippen molar-refractivity contribution in [2.75, 3.05) is 0 Å². The first kappa shape index (κ1) is 20.5. The molecule has 0 saturated heterocycles. The molecule has 0 saturated carbocycles. The van der Waals surface area contributed by atoms with Crippen LogP contribution in [0.5, 0.6) is 5.75 Å². The molecule has 0 bridgehead atoms. The van der Waals surface area contributed by atoms with Gasteiger partial charge in [-0.1, -0.05) is 68.4 Å². The topological polar surface area (TPSA) is 38.3 Å². The summed E-state index contributed by atoms with van der Waals surface area (Å²) in [6.45, 7) is 4.12. The number of nitrogens with one attached hydrogen (secondary N) is 1. The smallest absolute Gasteiger partial charge is 0.261 e. The van der Waals surface area contributed by atoms with Gasteiger partial charge in [-0.15, -0.1) is 0 Å². The van der Waals surface area contributed by atoms with E-state index in [0.717, 1.165) is 29.4 Å². The van der Waals surface area contributed by atoms with E-state index in [9.17, 15) is 4.79 Å². The Balaban J connectivity index is 1.50. The van der Waals surface area contributed by atoms with Gasteiger partial charge in [-0.2, -0.15) is 0 Å². The molecular weight excluding hydrogens is 370 g/mol. The fraction of sp³-hybridized carbons (Fsp3) is 0.370. The molecule has 1 aliphatic carbocycles. The number of fused-ring (bicyclic) bond motifs is 2. The molecule has 0 unspecified atom stereocenters. The van der Waals surface area contributed by atoms with Crippen molar-refractivity contribution in [3.63, 3.8) is 0 Å². The molecule has 0 spiro atoms. The normalized spacial score (nSPS) is 15.3. The van der Waals surface area contributed by atoms with Crippen molar-refractivity contribution in [2.45, 2.75) is 64.5 Å². The first-order valence-electron chi connectivity index (χ1n) is 11.3. The van der Waals surface area contributed by atoms with E-state index >= 15 is 0 Å². The zero-order valence-corrected chi connectivity index (χ0v) is 18.0. The molecule has 3 aromatic rings. The van der Waals surface area contributed by atoms with Crippen LogP contribution in [0.15, 0.2) is 60.7 Å². The number of rotatable bonds is 7. The highest BCUT2D eigenvalue weighted by atomic mass is 16.5. The van der Waals surface area contributed by atoms with Gasteiger partial charge in [0.1, 0.15) is 5.75 Å². The van der Waals surface area contributed by atoms with Gasteiger partial charge in [0.05, 0.1) is 6.04 Å². The molecule has 0 fully saturated rings. The van der Waals surface area contributed by atoms with Crippen LogP contribution in [0.4, 0.5) is 0 Å². The molecular formula is C27H31NO2. The lowest BCUT2D eigenvalue weighted by molar-refractivity contribution is -0.128. The number of benzene rings is 3. The van der Waals surface area contributed by atoms with Gasteiger partial charge in [0.25, 0.3) is 5.91 Å². The summed E-state index contributed by atoms with van der Waals surface area (Å²) in [6, 6.07) is 20.8. The third-order valence-electron chi connectivity index (χ3n) is 6.18. The van der Waals surface area contributed by atoms with Crippen LogP contribution >= 0.6 is 0 Å². The molecule has 0 radical (unpaired) electrons. The minimum absolute atomic E-state index is 0.00916. The van der Waals surface area contributed by atoms with Gasteiger partial charge < -0.3 is 10.1 Å². The highest BCUT2D eigenvalue weighted by molar-refractivity contribution is 5.89. The summed E-state index contributed by atoms with van der Waals surface area (Å²) in [5.41, 5.74) is 4.12. The lowest BCUT2D eigenvalue weighted by atomic mass is 9.88. The Kier molecular flexibility index (Phi) is 6.37. The molecule has 4 rings (SSSR count). The van der Waals surface area contributed by atoms with Gasteiger partial charge in [-0.3, -0.25) is 4.79 Å². The molecule has 3 nitrogen and oxygen atoms in total. The van der Waals surface area contributed by atoms with Crippen molar-refractivity contribution < 1.29 is 9.53 Å². The maximum Gasteiger partial charge on any atom is 0.261 e. The summed E-state index contributed by atoms with van der Waals surface area (Å²) in [5, 5.41) is 5.40. The zero-order valence-electron chi connectivity index (χ0n) is 18.0. The monoisotopic (exact) mass is 401 g/mol. The predicted molar refractivity (Wildman–Crippen MR) is 123 cm³/mol. The lowest BCUT2D eigenvalue weighted by Crippen LogP contribution is -2.40. The van der Waals surface area contributed by atoms with Gasteiger partial charge in [0.15, 0.2) is 6.10 Å². The molecule has 0 aliphatic heterocycles. The molecule has 0 heterocycles. The number of aryl methyl sites for hydroxylation is 2. The average molecular weight is 402 g/mol. The highest BCUT2D eigenvalue weighted by Gasteiger charge is 2.23. The number of carbonyl (C=O) groups is 1. The summed E-state index contributed by atoms with van der Waals surface area (Å²) in [5.74, 6) is 0.715. The van der Waals surface area contributed by atoms with Crippen LogP contribution < -0.4 is 10.1 Å². The largest absolute Gasteiger partial charge is 0.480 e. The number of carbonyl (C=O) groups excluding carboxylic acids is 1. The van der Waals surface area contributed by atoms with Crippen molar-refractivity contribution in [1.82, 2.24) is 5.32 Å². The number of hydrogen-bond donors (Lipinski definition) is 1. The Morgan fingerprint density at radius 3 is 2.50 bits per heavy atom. The maximum absolute atomic E-state index is 13.1. The minimum Gasteiger partial charge on any atom is -0.480 e. The van der Waals surface area contributed by atoms with Crippen LogP contribution in [0.3, 0.4) is 0 Å². The van der Waals surface area contributed by atoms with E-state index in [0.29, 0.717) is 6.42 Å². The van der Waals surface area contributed by atoms with Gasteiger partial charge in [-0.05, 0) is 66.7 Å². The summed E-state index contributed by atoms with van der Waals surface area (Å²) < 4.78 is 6.20. The standard InChI is InChI=1S/C27H31NO2/c1-3-24(22-17-16-19-10-5-6-12-21(19)18-22)28-27(29)25(4-2)30-26-15-9-13-20-11-7-8-14-23(20)26/h7-9,11,13-18,24-25H,3-6,10,12H2,1-2H3,(H,28,29)/t24-,25+/m1/s1. The summed E-state index contributed by atoms with van der Waals surface area (Å²) >= 11 is 0. The molecule has 0 aromatic heterocycles. The van der Waals surface area contributed by atoms with Crippen molar-refractivity contribution >= 4 is 16.7 Å². The molecule has 1 N–H and O–H groups in total. The molecule has 1 amide bonds. The molecule has 2 atom stereocenters. The lowest BCUT2D eigenvalue weighted by Gasteiger charge is -2.24. The first-order valence-corrected chi connectivity index (χ1v) is 11.3. The van der Waals surface area contributed by atoms with E-state index < -0.39 is 6.10 Å². The molecule has 3 heteroatoms. The zero-order chi connectivity index (χ0) is 20.9. The predicted octanol–water partition coefficient (Wildman–Crippen LogP) is 6.14. The van der Waals surface area contributed by atoms with E-state index in [1.54, 1.807) is 0 Å². The summed E-state index contributed by atoms with van der Waals surface area (Å²) in [4.78, 5) is 13.1. The highest BCUT2D eigenvalue weighted by Crippen LogP contribution is 2.28. The Morgan fingerprint density at radius 1 is 0.933 bits per heavy atom. The van der Waals surface area contributed by atoms with Crippen molar-refractivity contribution in [1.29, 1.82) is 0 Å². The number of amides is 1. The molecule has 3 aromatic carbocycles. The quantitative estimate of drug-likeness (QED) is 0.516. The number of ether oxygens (including phenoxy) is 1. The Morgan fingerprint density at radius 2 is 1.70 bits per heavy atom. The fourth-order valence-corrected chi connectivity index (χ4v) is 4.43. The van der Waals surface area contributed by atoms with Crippen LogP contribution in [0.1, 0.15) is 62.3 Å². The SMILES string of the molecule is CC[C@H](Oc1cccc2ccccc12)C(=O)N[C@H](CC)c1ccc2c(c1)CCCC2. The van der Waals surface area contributed by atoms with Gasteiger partial charge >= 0.3 is 0 Å². The molecule has 156 valence electrons. The second-order valence-electron chi connectivity index (χ2n) is 8.20.